The minimum atomic E-state index is -0.146. The quantitative estimate of drug-likeness (QED) is 0.919. The van der Waals surface area contributed by atoms with Crippen LogP contribution in [0.4, 0.5) is 4.39 Å². The van der Waals surface area contributed by atoms with Gasteiger partial charge in [-0.2, -0.15) is 5.10 Å². The first-order chi connectivity index (χ1) is 9.16. The number of hydrogen-bond donors (Lipinski definition) is 1. The molecule has 1 aliphatic heterocycles. The van der Waals surface area contributed by atoms with Crippen molar-refractivity contribution < 1.29 is 4.39 Å². The summed E-state index contributed by atoms with van der Waals surface area (Å²) in [6.45, 7) is 5.12. The molecule has 100 valence electrons. The van der Waals surface area contributed by atoms with Gasteiger partial charge in [-0.1, -0.05) is 19.1 Å². The largest absolute Gasteiger partial charge is 0.298 e. The highest BCUT2D eigenvalue weighted by molar-refractivity contribution is 5.27. The summed E-state index contributed by atoms with van der Waals surface area (Å²) in [4.78, 5) is 2.40. The van der Waals surface area contributed by atoms with E-state index in [0.29, 0.717) is 0 Å². The normalized spacial score (nSPS) is 23.9. The van der Waals surface area contributed by atoms with E-state index >= 15 is 0 Å². The number of aromatic amines is 1. The Morgan fingerprint density at radius 2 is 2.37 bits per heavy atom. The molecule has 2 heterocycles. The van der Waals surface area contributed by atoms with E-state index in [1.807, 2.05) is 18.5 Å². The molecule has 0 bridgehead atoms. The molecule has 1 fully saturated rings. The molecule has 4 heteroatoms. The van der Waals surface area contributed by atoms with Crippen LogP contribution in [0.2, 0.25) is 0 Å². The number of rotatable bonds is 3. The van der Waals surface area contributed by atoms with E-state index < -0.39 is 0 Å². The van der Waals surface area contributed by atoms with E-state index in [1.54, 1.807) is 12.1 Å². The Morgan fingerprint density at radius 1 is 1.47 bits per heavy atom. The Hall–Kier alpha value is -1.68. The number of benzene rings is 1. The van der Waals surface area contributed by atoms with Crippen molar-refractivity contribution in [3.05, 3.63) is 53.6 Å². The number of nitrogens with zero attached hydrogens (tertiary/aromatic N) is 2. The van der Waals surface area contributed by atoms with Crippen LogP contribution in [0.3, 0.4) is 0 Å². The van der Waals surface area contributed by atoms with Crippen LogP contribution in [0, 0.1) is 5.82 Å². The minimum Gasteiger partial charge on any atom is -0.298 e. The van der Waals surface area contributed by atoms with E-state index in [0.717, 1.165) is 31.6 Å². The molecule has 0 amide bonds. The SMILES string of the molecule is C[C@]1(c2cccc(F)c2)CCN(Cc2cn[nH]c2)C1. The molecular weight excluding hydrogens is 241 g/mol. The van der Waals surface area contributed by atoms with Crippen LogP contribution in [0.5, 0.6) is 0 Å². The second-order valence-electron chi connectivity index (χ2n) is 5.64. The molecule has 2 aromatic rings. The summed E-state index contributed by atoms with van der Waals surface area (Å²) >= 11 is 0. The molecule has 19 heavy (non-hydrogen) atoms. The van der Waals surface area contributed by atoms with Crippen LogP contribution < -0.4 is 0 Å². The van der Waals surface area contributed by atoms with Gasteiger partial charge in [-0.15, -0.1) is 0 Å². The summed E-state index contributed by atoms with van der Waals surface area (Å²) in [5.41, 5.74) is 2.34. The van der Waals surface area contributed by atoms with Crippen LogP contribution in [0.1, 0.15) is 24.5 Å². The number of halogens is 1. The molecule has 1 saturated heterocycles. The summed E-state index contributed by atoms with van der Waals surface area (Å²) < 4.78 is 13.4. The van der Waals surface area contributed by atoms with Crippen molar-refractivity contribution in [1.82, 2.24) is 15.1 Å². The Bertz CT molecular complexity index is 552. The molecule has 0 aliphatic carbocycles. The second-order valence-corrected chi connectivity index (χ2v) is 5.64. The maximum Gasteiger partial charge on any atom is 0.123 e. The molecule has 0 radical (unpaired) electrons. The van der Waals surface area contributed by atoms with Crippen LogP contribution in [-0.2, 0) is 12.0 Å². The third kappa shape index (κ3) is 2.54. The lowest BCUT2D eigenvalue weighted by atomic mass is 9.82. The number of H-pyrrole nitrogens is 1. The summed E-state index contributed by atoms with van der Waals surface area (Å²) in [6.07, 6.45) is 4.85. The minimum absolute atomic E-state index is 0.0475. The molecule has 1 aromatic heterocycles. The van der Waals surface area contributed by atoms with Crippen molar-refractivity contribution in [2.75, 3.05) is 13.1 Å². The van der Waals surface area contributed by atoms with Gasteiger partial charge in [-0.25, -0.2) is 4.39 Å². The third-order valence-corrected chi connectivity index (χ3v) is 4.03. The smallest absolute Gasteiger partial charge is 0.123 e. The highest BCUT2D eigenvalue weighted by Crippen LogP contribution is 2.34. The summed E-state index contributed by atoms with van der Waals surface area (Å²) in [6, 6.07) is 7.01. The fraction of sp³-hybridized carbons (Fsp3) is 0.400. The first-order valence-corrected chi connectivity index (χ1v) is 6.62. The van der Waals surface area contributed by atoms with E-state index in [1.165, 1.54) is 11.6 Å². The van der Waals surface area contributed by atoms with Gasteiger partial charge in [0.25, 0.3) is 0 Å². The Labute approximate surface area is 112 Å². The number of hydrogen-bond acceptors (Lipinski definition) is 2. The predicted octanol–water partition coefficient (Wildman–Crippen LogP) is 2.71. The average molecular weight is 259 g/mol. The molecule has 3 nitrogen and oxygen atoms in total. The summed E-state index contributed by atoms with van der Waals surface area (Å²) in [7, 11) is 0. The zero-order valence-corrected chi connectivity index (χ0v) is 11.1. The Morgan fingerprint density at radius 3 is 3.11 bits per heavy atom. The van der Waals surface area contributed by atoms with Crippen molar-refractivity contribution in [3.8, 4) is 0 Å². The standard InChI is InChI=1S/C15H18FN3/c1-15(13-3-2-4-14(16)7-13)5-6-19(11-15)10-12-8-17-18-9-12/h2-4,7-9H,5-6,10-11H2,1H3,(H,17,18)/t15-/m0/s1. The lowest BCUT2D eigenvalue weighted by Crippen LogP contribution is -2.28. The topological polar surface area (TPSA) is 31.9 Å². The van der Waals surface area contributed by atoms with Crippen LogP contribution in [-0.4, -0.2) is 28.2 Å². The van der Waals surface area contributed by atoms with Gasteiger partial charge in [0.05, 0.1) is 6.20 Å². The lowest BCUT2D eigenvalue weighted by molar-refractivity contribution is 0.309. The second kappa shape index (κ2) is 4.78. The van der Waals surface area contributed by atoms with Crippen LogP contribution in [0.15, 0.2) is 36.7 Å². The molecular formula is C15H18FN3. The Balaban J connectivity index is 1.73. The highest BCUT2D eigenvalue weighted by atomic mass is 19.1. The van der Waals surface area contributed by atoms with Crippen molar-refractivity contribution in [2.24, 2.45) is 0 Å². The zero-order chi connectivity index (χ0) is 13.3. The Kier molecular flexibility index (Phi) is 3.11. The van der Waals surface area contributed by atoms with Gasteiger partial charge in [-0.05, 0) is 30.7 Å². The molecule has 3 rings (SSSR count). The zero-order valence-electron chi connectivity index (χ0n) is 11.1. The van der Waals surface area contributed by atoms with Gasteiger partial charge < -0.3 is 0 Å². The van der Waals surface area contributed by atoms with E-state index in [2.05, 4.69) is 22.0 Å². The van der Waals surface area contributed by atoms with Gasteiger partial charge in [-0.3, -0.25) is 10.00 Å². The molecule has 0 saturated carbocycles. The monoisotopic (exact) mass is 259 g/mol. The molecule has 1 aromatic carbocycles. The van der Waals surface area contributed by atoms with E-state index in [-0.39, 0.29) is 11.2 Å². The highest BCUT2D eigenvalue weighted by Gasteiger charge is 2.35. The average Bonchev–Trinajstić information content (AvgIpc) is 3.01. The number of aromatic nitrogens is 2. The van der Waals surface area contributed by atoms with Crippen LogP contribution >= 0.6 is 0 Å². The fourth-order valence-corrected chi connectivity index (χ4v) is 2.91. The lowest BCUT2D eigenvalue weighted by Gasteiger charge is -2.25. The first kappa shape index (κ1) is 12.4. The van der Waals surface area contributed by atoms with Gasteiger partial charge >= 0.3 is 0 Å². The molecule has 0 spiro atoms. The number of likely N-dealkylation sites (tertiary alicyclic amines) is 1. The van der Waals surface area contributed by atoms with Gasteiger partial charge in [0.2, 0.25) is 0 Å². The molecule has 1 aliphatic rings. The first-order valence-electron chi connectivity index (χ1n) is 6.62. The van der Waals surface area contributed by atoms with Gasteiger partial charge in [0.1, 0.15) is 5.82 Å². The maximum atomic E-state index is 13.4. The van der Waals surface area contributed by atoms with Gasteiger partial charge in [0, 0.05) is 30.3 Å². The van der Waals surface area contributed by atoms with Gasteiger partial charge in [0.15, 0.2) is 0 Å². The molecule has 1 N–H and O–H groups in total. The third-order valence-electron chi connectivity index (χ3n) is 4.03. The van der Waals surface area contributed by atoms with Crippen molar-refractivity contribution >= 4 is 0 Å². The van der Waals surface area contributed by atoms with Crippen molar-refractivity contribution in [1.29, 1.82) is 0 Å². The summed E-state index contributed by atoms with van der Waals surface area (Å²) in [5.74, 6) is -0.146. The van der Waals surface area contributed by atoms with Crippen LogP contribution in [0.25, 0.3) is 0 Å². The van der Waals surface area contributed by atoms with Crippen molar-refractivity contribution in [3.63, 3.8) is 0 Å². The summed E-state index contributed by atoms with van der Waals surface area (Å²) in [5, 5.41) is 6.81. The maximum absolute atomic E-state index is 13.4. The van der Waals surface area contributed by atoms with E-state index in [4.69, 9.17) is 0 Å². The molecule has 0 unspecified atom stereocenters. The number of nitrogens with one attached hydrogen (secondary N) is 1. The fourth-order valence-electron chi connectivity index (χ4n) is 2.91. The van der Waals surface area contributed by atoms with Crippen molar-refractivity contribution in [2.45, 2.75) is 25.3 Å². The predicted molar refractivity (Wildman–Crippen MR) is 72.2 cm³/mol. The molecule has 1 atom stereocenters. The van der Waals surface area contributed by atoms with E-state index in [9.17, 15) is 4.39 Å².